The van der Waals surface area contributed by atoms with Gasteiger partial charge in [0.25, 0.3) is 0 Å². The van der Waals surface area contributed by atoms with Crippen LogP contribution in [-0.2, 0) is 16.0 Å². The van der Waals surface area contributed by atoms with Crippen molar-refractivity contribution < 1.29 is 14.3 Å². The van der Waals surface area contributed by atoms with Gasteiger partial charge in [0.1, 0.15) is 11.8 Å². The summed E-state index contributed by atoms with van der Waals surface area (Å²) in [5.41, 5.74) is 0.915. The molecule has 5 heteroatoms. The number of carbonyl (C=O) groups excluding carboxylic acids is 2. The minimum absolute atomic E-state index is 0.0613. The lowest BCUT2D eigenvalue weighted by atomic mass is 10.0. The Kier molecular flexibility index (Phi) is 7.29. The summed E-state index contributed by atoms with van der Waals surface area (Å²) in [4.78, 5) is 27.0. The summed E-state index contributed by atoms with van der Waals surface area (Å²) in [6.07, 6.45) is 3.05. The van der Waals surface area contributed by atoms with Gasteiger partial charge in [0, 0.05) is 13.1 Å². The van der Waals surface area contributed by atoms with E-state index in [-0.39, 0.29) is 18.2 Å². The van der Waals surface area contributed by atoms with Gasteiger partial charge in [-0.2, -0.15) is 0 Å². The van der Waals surface area contributed by atoms with Gasteiger partial charge in [0.05, 0.1) is 13.0 Å². The number of carbonyl (C=O) groups is 2. The molecule has 1 aromatic carbocycles. The van der Waals surface area contributed by atoms with Crippen LogP contribution in [0.1, 0.15) is 45.6 Å². The maximum Gasteiger partial charge on any atom is 0.245 e. The summed E-state index contributed by atoms with van der Waals surface area (Å²) >= 11 is 0. The third-order valence-electron chi connectivity index (χ3n) is 4.36. The molecule has 1 aromatic rings. The first-order valence-corrected chi connectivity index (χ1v) is 9.29. The van der Waals surface area contributed by atoms with Crippen molar-refractivity contribution in [2.75, 3.05) is 19.7 Å². The standard InChI is InChI=1S/C20H30N2O3/c1-4-25-17-9-7-16(8-10-17)14-19(23)21-18(13-15(2)3)20(24)22-11-5-6-12-22/h7-10,15,18H,4-6,11-14H2,1-3H3,(H,21,23)/t18-/m0/s1. The molecule has 25 heavy (non-hydrogen) atoms. The Morgan fingerprint density at radius 1 is 1.16 bits per heavy atom. The van der Waals surface area contributed by atoms with E-state index in [9.17, 15) is 9.59 Å². The van der Waals surface area contributed by atoms with E-state index in [1.807, 2.05) is 36.1 Å². The largest absolute Gasteiger partial charge is 0.494 e. The predicted octanol–water partition coefficient (Wildman–Crippen LogP) is 2.78. The molecule has 1 fully saturated rings. The van der Waals surface area contributed by atoms with Gasteiger partial charge >= 0.3 is 0 Å². The van der Waals surface area contributed by atoms with Crippen molar-refractivity contribution >= 4 is 11.8 Å². The van der Waals surface area contributed by atoms with Crippen molar-refractivity contribution in [3.05, 3.63) is 29.8 Å². The summed E-state index contributed by atoms with van der Waals surface area (Å²) in [6, 6.07) is 7.10. The van der Waals surface area contributed by atoms with Gasteiger partial charge in [-0.1, -0.05) is 26.0 Å². The molecule has 0 aromatic heterocycles. The molecule has 1 aliphatic heterocycles. The van der Waals surface area contributed by atoms with E-state index < -0.39 is 6.04 Å². The van der Waals surface area contributed by atoms with Crippen LogP contribution in [0.4, 0.5) is 0 Å². The second kappa shape index (κ2) is 9.44. The van der Waals surface area contributed by atoms with E-state index in [0.29, 0.717) is 18.9 Å². The quantitative estimate of drug-likeness (QED) is 0.787. The highest BCUT2D eigenvalue weighted by Gasteiger charge is 2.28. The summed E-state index contributed by atoms with van der Waals surface area (Å²) in [7, 11) is 0. The molecule has 0 bridgehead atoms. The number of nitrogens with zero attached hydrogens (tertiary/aromatic N) is 1. The molecule has 2 rings (SSSR count). The van der Waals surface area contributed by atoms with Crippen molar-refractivity contribution in [2.45, 2.75) is 52.5 Å². The van der Waals surface area contributed by atoms with Crippen LogP contribution in [0.15, 0.2) is 24.3 Å². The highest BCUT2D eigenvalue weighted by Crippen LogP contribution is 2.15. The average molecular weight is 346 g/mol. The number of rotatable bonds is 8. The topological polar surface area (TPSA) is 58.6 Å². The lowest BCUT2D eigenvalue weighted by Gasteiger charge is -2.25. The molecular formula is C20H30N2O3. The Morgan fingerprint density at radius 2 is 1.80 bits per heavy atom. The average Bonchev–Trinajstić information content (AvgIpc) is 3.09. The molecule has 5 nitrogen and oxygen atoms in total. The zero-order valence-corrected chi connectivity index (χ0v) is 15.6. The molecule has 1 heterocycles. The Bertz CT molecular complexity index is 563. The zero-order valence-electron chi connectivity index (χ0n) is 15.6. The van der Waals surface area contributed by atoms with Gasteiger partial charge in [0.2, 0.25) is 11.8 Å². The van der Waals surface area contributed by atoms with E-state index in [4.69, 9.17) is 4.74 Å². The number of ether oxygens (including phenoxy) is 1. The van der Waals surface area contributed by atoms with E-state index in [1.54, 1.807) is 0 Å². The molecule has 138 valence electrons. The van der Waals surface area contributed by atoms with E-state index >= 15 is 0 Å². The number of nitrogens with one attached hydrogen (secondary N) is 1. The van der Waals surface area contributed by atoms with Crippen LogP contribution in [0.2, 0.25) is 0 Å². The van der Waals surface area contributed by atoms with Crippen LogP contribution in [0.5, 0.6) is 5.75 Å². The van der Waals surface area contributed by atoms with Crippen LogP contribution in [0.25, 0.3) is 0 Å². The lowest BCUT2D eigenvalue weighted by molar-refractivity contribution is -0.135. The molecule has 0 radical (unpaired) electrons. The molecule has 0 unspecified atom stereocenters. The van der Waals surface area contributed by atoms with Gasteiger partial charge in [-0.05, 0) is 49.8 Å². The second-order valence-corrected chi connectivity index (χ2v) is 7.04. The third-order valence-corrected chi connectivity index (χ3v) is 4.36. The fourth-order valence-electron chi connectivity index (χ4n) is 3.15. The minimum Gasteiger partial charge on any atom is -0.494 e. The van der Waals surface area contributed by atoms with Crippen molar-refractivity contribution in [1.29, 1.82) is 0 Å². The highest BCUT2D eigenvalue weighted by molar-refractivity contribution is 5.88. The van der Waals surface area contributed by atoms with Crippen molar-refractivity contribution in [2.24, 2.45) is 5.92 Å². The molecule has 0 spiro atoms. The molecular weight excluding hydrogens is 316 g/mol. The fraction of sp³-hybridized carbons (Fsp3) is 0.600. The predicted molar refractivity (Wildman–Crippen MR) is 98.5 cm³/mol. The highest BCUT2D eigenvalue weighted by atomic mass is 16.5. The Hall–Kier alpha value is -2.04. The Balaban J connectivity index is 1.94. The number of likely N-dealkylation sites (tertiary alicyclic amines) is 1. The van der Waals surface area contributed by atoms with Crippen LogP contribution < -0.4 is 10.1 Å². The molecule has 1 aliphatic rings. The zero-order chi connectivity index (χ0) is 18.2. The molecule has 0 saturated carbocycles. The fourth-order valence-corrected chi connectivity index (χ4v) is 3.15. The van der Waals surface area contributed by atoms with Gasteiger partial charge in [-0.25, -0.2) is 0 Å². The first-order valence-electron chi connectivity index (χ1n) is 9.29. The molecule has 1 N–H and O–H groups in total. The van der Waals surface area contributed by atoms with E-state index in [2.05, 4.69) is 19.2 Å². The lowest BCUT2D eigenvalue weighted by Crippen LogP contribution is -2.48. The van der Waals surface area contributed by atoms with Crippen LogP contribution >= 0.6 is 0 Å². The van der Waals surface area contributed by atoms with E-state index in [0.717, 1.165) is 37.2 Å². The van der Waals surface area contributed by atoms with Crippen LogP contribution in [0.3, 0.4) is 0 Å². The molecule has 2 amide bonds. The van der Waals surface area contributed by atoms with Crippen molar-refractivity contribution in [1.82, 2.24) is 10.2 Å². The summed E-state index contributed by atoms with van der Waals surface area (Å²) in [6.45, 7) is 8.32. The van der Waals surface area contributed by atoms with Gasteiger partial charge < -0.3 is 15.0 Å². The Morgan fingerprint density at radius 3 is 2.36 bits per heavy atom. The van der Waals surface area contributed by atoms with Crippen LogP contribution in [0, 0.1) is 5.92 Å². The minimum atomic E-state index is -0.423. The van der Waals surface area contributed by atoms with Gasteiger partial charge in [-0.3, -0.25) is 9.59 Å². The summed E-state index contributed by atoms with van der Waals surface area (Å²) in [5.74, 6) is 1.10. The van der Waals surface area contributed by atoms with Crippen molar-refractivity contribution in [3.8, 4) is 5.75 Å². The first-order chi connectivity index (χ1) is 12.0. The number of hydrogen-bond donors (Lipinski definition) is 1. The summed E-state index contributed by atoms with van der Waals surface area (Å²) in [5, 5.41) is 2.95. The molecule has 1 saturated heterocycles. The van der Waals surface area contributed by atoms with Crippen molar-refractivity contribution in [3.63, 3.8) is 0 Å². The summed E-state index contributed by atoms with van der Waals surface area (Å²) < 4.78 is 5.41. The normalized spacial score (nSPS) is 15.3. The number of benzene rings is 1. The third kappa shape index (κ3) is 6.07. The first kappa shape index (κ1) is 19.3. The maximum atomic E-state index is 12.7. The molecule has 1 atom stereocenters. The SMILES string of the molecule is CCOc1ccc(CC(=O)N[C@@H](CC(C)C)C(=O)N2CCCC2)cc1. The maximum absolute atomic E-state index is 12.7. The smallest absolute Gasteiger partial charge is 0.245 e. The molecule has 0 aliphatic carbocycles. The van der Waals surface area contributed by atoms with Crippen LogP contribution in [-0.4, -0.2) is 42.5 Å². The van der Waals surface area contributed by atoms with Gasteiger partial charge in [0.15, 0.2) is 0 Å². The van der Waals surface area contributed by atoms with E-state index in [1.165, 1.54) is 0 Å². The number of amides is 2. The number of hydrogen-bond acceptors (Lipinski definition) is 3. The second-order valence-electron chi connectivity index (χ2n) is 7.04. The Labute approximate surface area is 150 Å². The monoisotopic (exact) mass is 346 g/mol. The van der Waals surface area contributed by atoms with Gasteiger partial charge in [-0.15, -0.1) is 0 Å².